The van der Waals surface area contributed by atoms with Gasteiger partial charge in [-0.3, -0.25) is 4.79 Å². The second-order valence-corrected chi connectivity index (χ2v) is 6.07. The van der Waals surface area contributed by atoms with E-state index >= 15 is 0 Å². The highest BCUT2D eigenvalue weighted by Crippen LogP contribution is 2.21. The molecule has 0 aliphatic heterocycles. The van der Waals surface area contributed by atoms with Crippen LogP contribution in [0.5, 0.6) is 5.75 Å². The summed E-state index contributed by atoms with van der Waals surface area (Å²) in [6.07, 6.45) is 1.61. The van der Waals surface area contributed by atoms with Crippen LogP contribution in [0.4, 0.5) is 0 Å². The number of ketones is 1. The lowest BCUT2D eigenvalue weighted by Crippen LogP contribution is -2.23. The summed E-state index contributed by atoms with van der Waals surface area (Å²) in [4.78, 5) is 15.1. The van der Waals surface area contributed by atoms with Gasteiger partial charge in [0.15, 0.2) is 5.78 Å². The molecular weight excluding hydrogens is 286 g/mol. The minimum Gasteiger partial charge on any atom is -0.497 e. The molecule has 3 heteroatoms. The summed E-state index contributed by atoms with van der Waals surface area (Å²) in [5.41, 5.74) is 1.93. The summed E-state index contributed by atoms with van der Waals surface area (Å²) in [7, 11) is 5.70. The topological polar surface area (TPSA) is 29.5 Å². The van der Waals surface area contributed by atoms with Gasteiger partial charge in [0, 0.05) is 11.5 Å². The molecule has 2 aromatic carbocycles. The molecule has 0 heterocycles. The van der Waals surface area contributed by atoms with Crippen LogP contribution in [0, 0.1) is 5.92 Å². The van der Waals surface area contributed by atoms with E-state index in [2.05, 4.69) is 17.0 Å². The van der Waals surface area contributed by atoms with E-state index in [1.165, 1.54) is 5.56 Å². The van der Waals surface area contributed by atoms with Crippen molar-refractivity contribution < 1.29 is 9.53 Å². The minimum absolute atomic E-state index is 0.0214. The molecule has 1 unspecified atom stereocenters. The Labute approximate surface area is 138 Å². The molecule has 0 bridgehead atoms. The van der Waals surface area contributed by atoms with Gasteiger partial charge in [0.1, 0.15) is 5.75 Å². The molecule has 122 valence electrons. The molecule has 0 N–H and O–H groups in total. The predicted molar refractivity (Wildman–Crippen MR) is 94.1 cm³/mol. The number of benzene rings is 2. The van der Waals surface area contributed by atoms with Crippen LogP contribution in [0.25, 0.3) is 0 Å². The first-order valence-electron chi connectivity index (χ1n) is 7.97. The number of hydrogen-bond donors (Lipinski definition) is 0. The van der Waals surface area contributed by atoms with Crippen molar-refractivity contribution >= 4 is 5.78 Å². The van der Waals surface area contributed by atoms with Gasteiger partial charge in [0.05, 0.1) is 7.11 Å². The number of ether oxygens (including phenoxy) is 1. The molecule has 0 radical (unpaired) electrons. The Balaban J connectivity index is 2.19. The van der Waals surface area contributed by atoms with Gasteiger partial charge in [-0.15, -0.1) is 0 Å². The molecule has 0 amide bonds. The lowest BCUT2D eigenvalue weighted by atomic mass is 9.88. The van der Waals surface area contributed by atoms with Gasteiger partial charge < -0.3 is 9.64 Å². The molecule has 2 aromatic rings. The Morgan fingerprint density at radius 2 is 1.83 bits per heavy atom. The van der Waals surface area contributed by atoms with Crippen LogP contribution in [0.15, 0.2) is 54.6 Å². The number of carbonyl (C=O) groups excluding carboxylic acids is 1. The third-order valence-electron chi connectivity index (χ3n) is 3.97. The van der Waals surface area contributed by atoms with Crippen molar-refractivity contribution in [2.75, 3.05) is 27.7 Å². The maximum Gasteiger partial charge on any atom is 0.166 e. The molecule has 0 aromatic heterocycles. The third-order valence-corrected chi connectivity index (χ3v) is 3.97. The minimum atomic E-state index is -0.0214. The quantitative estimate of drug-likeness (QED) is 0.696. The lowest BCUT2D eigenvalue weighted by molar-refractivity contribution is 0.0906. The molecule has 0 spiro atoms. The van der Waals surface area contributed by atoms with E-state index in [1.54, 1.807) is 7.11 Å². The van der Waals surface area contributed by atoms with Crippen molar-refractivity contribution in [2.45, 2.75) is 12.8 Å². The maximum absolute atomic E-state index is 13.0. The highest BCUT2D eigenvalue weighted by molar-refractivity contribution is 5.98. The summed E-state index contributed by atoms with van der Waals surface area (Å²) < 4.78 is 5.24. The Morgan fingerprint density at radius 3 is 2.48 bits per heavy atom. The monoisotopic (exact) mass is 311 g/mol. The molecule has 1 atom stereocenters. The number of hydrogen-bond acceptors (Lipinski definition) is 3. The second-order valence-electron chi connectivity index (χ2n) is 6.07. The lowest BCUT2D eigenvalue weighted by Gasteiger charge is -2.19. The largest absolute Gasteiger partial charge is 0.497 e. The van der Waals surface area contributed by atoms with Crippen LogP contribution < -0.4 is 4.74 Å². The summed E-state index contributed by atoms with van der Waals surface area (Å²) in [6, 6.07) is 17.7. The van der Waals surface area contributed by atoms with Gasteiger partial charge in [-0.05, 0) is 51.2 Å². The SMILES string of the molecule is COc1cccc(C(=O)C(CCN(C)C)Cc2ccccc2)c1. The molecule has 0 aliphatic carbocycles. The van der Waals surface area contributed by atoms with E-state index in [0.717, 1.165) is 30.7 Å². The highest BCUT2D eigenvalue weighted by atomic mass is 16.5. The van der Waals surface area contributed by atoms with Crippen LogP contribution >= 0.6 is 0 Å². The maximum atomic E-state index is 13.0. The fraction of sp³-hybridized carbons (Fsp3) is 0.350. The van der Waals surface area contributed by atoms with Crippen molar-refractivity contribution in [3.8, 4) is 5.75 Å². The Kier molecular flexibility index (Phi) is 6.36. The number of methoxy groups -OCH3 is 1. The van der Waals surface area contributed by atoms with Gasteiger partial charge >= 0.3 is 0 Å². The molecular formula is C20H25NO2. The number of carbonyl (C=O) groups is 1. The first-order valence-corrected chi connectivity index (χ1v) is 7.97. The van der Waals surface area contributed by atoms with Crippen molar-refractivity contribution in [3.05, 3.63) is 65.7 Å². The first kappa shape index (κ1) is 17.2. The van der Waals surface area contributed by atoms with E-state index in [9.17, 15) is 4.79 Å². The Hall–Kier alpha value is -2.13. The van der Waals surface area contributed by atoms with Gasteiger partial charge in [0.2, 0.25) is 0 Å². The Bertz CT molecular complexity index is 623. The predicted octanol–water partition coefficient (Wildman–Crippen LogP) is 3.69. The van der Waals surface area contributed by atoms with E-state index < -0.39 is 0 Å². The van der Waals surface area contributed by atoms with Crippen molar-refractivity contribution in [3.63, 3.8) is 0 Å². The van der Waals surface area contributed by atoms with Gasteiger partial charge in [-0.25, -0.2) is 0 Å². The third kappa shape index (κ3) is 5.22. The fourth-order valence-electron chi connectivity index (χ4n) is 2.65. The summed E-state index contributed by atoms with van der Waals surface area (Å²) in [5.74, 6) is 0.892. The van der Waals surface area contributed by atoms with Crippen molar-refractivity contribution in [2.24, 2.45) is 5.92 Å². The van der Waals surface area contributed by atoms with Crippen molar-refractivity contribution in [1.29, 1.82) is 0 Å². The van der Waals surface area contributed by atoms with E-state index in [4.69, 9.17) is 4.74 Å². The van der Waals surface area contributed by atoms with E-state index in [0.29, 0.717) is 0 Å². The number of Topliss-reactive ketones (excluding diaryl/α,β-unsaturated/α-hetero) is 1. The standard InChI is InChI=1S/C20H25NO2/c1-21(2)13-12-18(14-16-8-5-4-6-9-16)20(22)17-10-7-11-19(15-17)23-3/h4-11,15,18H,12-14H2,1-3H3. The summed E-state index contributed by atoms with van der Waals surface area (Å²) >= 11 is 0. The van der Waals surface area contributed by atoms with Crippen LogP contribution in [-0.4, -0.2) is 38.4 Å². The van der Waals surface area contributed by atoms with Crippen LogP contribution in [0.1, 0.15) is 22.3 Å². The molecule has 0 aliphatic rings. The van der Waals surface area contributed by atoms with E-state index in [1.807, 2.05) is 56.6 Å². The molecule has 0 saturated carbocycles. The van der Waals surface area contributed by atoms with E-state index in [-0.39, 0.29) is 11.7 Å². The number of rotatable bonds is 8. The molecule has 2 rings (SSSR count). The highest BCUT2D eigenvalue weighted by Gasteiger charge is 2.21. The summed E-state index contributed by atoms with van der Waals surface area (Å²) in [6.45, 7) is 0.896. The average molecular weight is 311 g/mol. The fourth-order valence-corrected chi connectivity index (χ4v) is 2.65. The van der Waals surface area contributed by atoms with Crippen LogP contribution in [-0.2, 0) is 6.42 Å². The Morgan fingerprint density at radius 1 is 1.09 bits per heavy atom. The molecule has 0 fully saturated rings. The summed E-state index contributed by atoms with van der Waals surface area (Å²) in [5, 5.41) is 0. The molecule has 0 saturated heterocycles. The van der Waals surface area contributed by atoms with Gasteiger partial charge in [0.25, 0.3) is 0 Å². The van der Waals surface area contributed by atoms with Crippen LogP contribution in [0.2, 0.25) is 0 Å². The molecule has 3 nitrogen and oxygen atoms in total. The van der Waals surface area contributed by atoms with Gasteiger partial charge in [-0.2, -0.15) is 0 Å². The first-order chi connectivity index (χ1) is 11.1. The smallest absolute Gasteiger partial charge is 0.166 e. The molecule has 23 heavy (non-hydrogen) atoms. The van der Waals surface area contributed by atoms with Crippen molar-refractivity contribution in [1.82, 2.24) is 4.90 Å². The zero-order chi connectivity index (χ0) is 16.7. The zero-order valence-electron chi connectivity index (χ0n) is 14.2. The van der Waals surface area contributed by atoms with Gasteiger partial charge in [-0.1, -0.05) is 42.5 Å². The zero-order valence-corrected chi connectivity index (χ0v) is 14.2. The average Bonchev–Trinajstić information content (AvgIpc) is 2.58. The number of nitrogens with zero attached hydrogens (tertiary/aromatic N) is 1. The second kappa shape index (κ2) is 8.49. The van der Waals surface area contributed by atoms with Crippen LogP contribution in [0.3, 0.4) is 0 Å². The normalized spacial score (nSPS) is 12.2.